The van der Waals surface area contributed by atoms with Crippen LogP contribution in [0.4, 0.5) is 0 Å². The van der Waals surface area contributed by atoms with Gasteiger partial charge in [-0.1, -0.05) is 20.8 Å². The zero-order valence-corrected chi connectivity index (χ0v) is 9.30. The van der Waals surface area contributed by atoms with Crippen LogP contribution in [-0.4, -0.2) is 39.5 Å². The summed E-state index contributed by atoms with van der Waals surface area (Å²) >= 11 is 0. The average Bonchev–Trinajstić information content (AvgIpc) is 2.10. The largest absolute Gasteiger partial charge is 0.382 e. The number of nitrogens with one attached hydrogen (secondary N) is 1. The monoisotopic (exact) mass is 189 g/mol. The van der Waals surface area contributed by atoms with Crippen molar-refractivity contribution in [2.75, 3.05) is 33.5 Å². The minimum Gasteiger partial charge on any atom is -0.382 e. The van der Waals surface area contributed by atoms with Gasteiger partial charge in [0.15, 0.2) is 0 Å². The predicted molar refractivity (Wildman–Crippen MR) is 55.0 cm³/mol. The fourth-order valence-corrected chi connectivity index (χ4v) is 1.10. The van der Waals surface area contributed by atoms with Crippen molar-refractivity contribution >= 4 is 0 Å². The molecule has 0 aliphatic heterocycles. The number of methoxy groups -OCH3 is 1. The molecule has 1 atom stereocenters. The van der Waals surface area contributed by atoms with Crippen molar-refractivity contribution in [3.8, 4) is 0 Å². The number of hydrogen-bond acceptors (Lipinski definition) is 3. The first-order valence-corrected chi connectivity index (χ1v) is 5.02. The molecular formula is C10H23NO2. The van der Waals surface area contributed by atoms with Gasteiger partial charge >= 0.3 is 0 Å². The summed E-state index contributed by atoms with van der Waals surface area (Å²) in [5.74, 6) is 0.613. The van der Waals surface area contributed by atoms with E-state index >= 15 is 0 Å². The molecule has 13 heavy (non-hydrogen) atoms. The first-order chi connectivity index (χ1) is 6.22. The molecule has 0 aliphatic rings. The van der Waals surface area contributed by atoms with Crippen molar-refractivity contribution in [3.63, 3.8) is 0 Å². The van der Waals surface area contributed by atoms with E-state index in [0.29, 0.717) is 25.2 Å². The third kappa shape index (κ3) is 6.99. The lowest BCUT2D eigenvalue weighted by Gasteiger charge is -2.21. The Balaban J connectivity index is 3.45. The molecule has 0 fully saturated rings. The lowest BCUT2D eigenvalue weighted by molar-refractivity contribution is 0.0521. The topological polar surface area (TPSA) is 30.5 Å². The minimum absolute atomic E-state index is 0.460. The average molecular weight is 189 g/mol. The summed E-state index contributed by atoms with van der Waals surface area (Å²) in [6, 6.07) is 0.460. The summed E-state index contributed by atoms with van der Waals surface area (Å²) in [5.41, 5.74) is 0. The van der Waals surface area contributed by atoms with Crippen LogP contribution in [0.15, 0.2) is 0 Å². The second-order valence-electron chi connectivity index (χ2n) is 3.48. The van der Waals surface area contributed by atoms with Crippen molar-refractivity contribution < 1.29 is 9.47 Å². The Morgan fingerprint density at radius 2 is 1.92 bits per heavy atom. The number of ether oxygens (including phenoxy) is 2. The highest BCUT2D eigenvalue weighted by Gasteiger charge is 2.11. The molecular weight excluding hydrogens is 166 g/mol. The van der Waals surface area contributed by atoms with E-state index in [-0.39, 0.29) is 0 Å². The van der Waals surface area contributed by atoms with Gasteiger partial charge < -0.3 is 14.8 Å². The lowest BCUT2D eigenvalue weighted by atomic mass is 10.1. The van der Waals surface area contributed by atoms with Crippen LogP contribution in [0.3, 0.4) is 0 Å². The summed E-state index contributed by atoms with van der Waals surface area (Å²) in [6.45, 7) is 9.65. The molecule has 3 heteroatoms. The fraction of sp³-hybridized carbons (Fsp3) is 1.00. The minimum atomic E-state index is 0.460. The smallest absolute Gasteiger partial charge is 0.0701 e. The third-order valence-corrected chi connectivity index (χ3v) is 2.00. The molecule has 1 unspecified atom stereocenters. The summed E-state index contributed by atoms with van der Waals surface area (Å²) in [6.07, 6.45) is 0. The zero-order chi connectivity index (χ0) is 10.1. The van der Waals surface area contributed by atoms with Crippen LogP contribution in [0.25, 0.3) is 0 Å². The molecule has 0 heterocycles. The van der Waals surface area contributed by atoms with Crippen molar-refractivity contribution in [2.24, 2.45) is 5.92 Å². The molecule has 0 rings (SSSR count). The van der Waals surface area contributed by atoms with Gasteiger partial charge in [0.25, 0.3) is 0 Å². The van der Waals surface area contributed by atoms with Crippen molar-refractivity contribution in [1.29, 1.82) is 0 Å². The van der Waals surface area contributed by atoms with E-state index < -0.39 is 0 Å². The maximum absolute atomic E-state index is 5.46. The summed E-state index contributed by atoms with van der Waals surface area (Å²) in [4.78, 5) is 0. The molecule has 0 spiro atoms. The zero-order valence-electron chi connectivity index (χ0n) is 9.30. The van der Waals surface area contributed by atoms with Crippen molar-refractivity contribution in [1.82, 2.24) is 5.32 Å². The molecule has 1 N–H and O–H groups in total. The fourth-order valence-electron chi connectivity index (χ4n) is 1.10. The second-order valence-corrected chi connectivity index (χ2v) is 3.48. The van der Waals surface area contributed by atoms with Crippen LogP contribution in [0.1, 0.15) is 20.8 Å². The standard InChI is InChI=1S/C10H23NO2/c1-5-11-10(9(2)3)8-13-7-6-12-4/h9-11H,5-8H2,1-4H3. The maximum Gasteiger partial charge on any atom is 0.0701 e. The normalized spacial score (nSPS) is 13.6. The highest BCUT2D eigenvalue weighted by molar-refractivity contribution is 4.68. The maximum atomic E-state index is 5.46. The van der Waals surface area contributed by atoms with Crippen LogP contribution < -0.4 is 5.32 Å². The molecule has 0 saturated carbocycles. The van der Waals surface area contributed by atoms with E-state index in [1.165, 1.54) is 0 Å². The Morgan fingerprint density at radius 1 is 1.23 bits per heavy atom. The van der Waals surface area contributed by atoms with Crippen LogP contribution in [0.5, 0.6) is 0 Å². The molecule has 0 aliphatic carbocycles. The van der Waals surface area contributed by atoms with Crippen LogP contribution in [0.2, 0.25) is 0 Å². The molecule has 0 aromatic rings. The van der Waals surface area contributed by atoms with Gasteiger partial charge in [0.1, 0.15) is 0 Å². The van der Waals surface area contributed by atoms with Crippen molar-refractivity contribution in [3.05, 3.63) is 0 Å². The van der Waals surface area contributed by atoms with Gasteiger partial charge in [0, 0.05) is 13.2 Å². The highest BCUT2D eigenvalue weighted by atomic mass is 16.5. The number of likely N-dealkylation sites (N-methyl/N-ethyl adjacent to an activating group) is 1. The highest BCUT2D eigenvalue weighted by Crippen LogP contribution is 2.01. The third-order valence-electron chi connectivity index (χ3n) is 2.00. The molecule has 0 radical (unpaired) electrons. The van der Waals surface area contributed by atoms with Gasteiger partial charge in [0.05, 0.1) is 19.8 Å². The van der Waals surface area contributed by atoms with Gasteiger partial charge in [-0.15, -0.1) is 0 Å². The van der Waals surface area contributed by atoms with Crippen LogP contribution in [0, 0.1) is 5.92 Å². The molecule has 0 amide bonds. The Morgan fingerprint density at radius 3 is 2.38 bits per heavy atom. The van der Waals surface area contributed by atoms with E-state index in [1.54, 1.807) is 7.11 Å². The molecule has 3 nitrogen and oxygen atoms in total. The van der Waals surface area contributed by atoms with E-state index in [2.05, 4.69) is 26.1 Å². The van der Waals surface area contributed by atoms with Gasteiger partial charge in [-0.25, -0.2) is 0 Å². The molecule has 0 aromatic carbocycles. The Labute approximate surface area is 81.8 Å². The summed E-state index contributed by atoms with van der Waals surface area (Å²) in [5, 5.41) is 3.39. The predicted octanol–water partition coefficient (Wildman–Crippen LogP) is 1.28. The van der Waals surface area contributed by atoms with E-state index in [0.717, 1.165) is 13.2 Å². The molecule has 0 aromatic heterocycles. The van der Waals surface area contributed by atoms with Gasteiger partial charge in [-0.3, -0.25) is 0 Å². The quantitative estimate of drug-likeness (QED) is 0.584. The van der Waals surface area contributed by atoms with Gasteiger partial charge in [0.2, 0.25) is 0 Å². The second kappa shape index (κ2) is 8.48. The first kappa shape index (κ1) is 12.9. The van der Waals surface area contributed by atoms with Crippen molar-refractivity contribution in [2.45, 2.75) is 26.8 Å². The number of hydrogen-bond donors (Lipinski definition) is 1. The van der Waals surface area contributed by atoms with E-state index in [4.69, 9.17) is 9.47 Å². The Kier molecular flexibility index (Phi) is 8.40. The van der Waals surface area contributed by atoms with E-state index in [9.17, 15) is 0 Å². The number of rotatable bonds is 8. The SMILES string of the molecule is CCNC(COCCOC)C(C)C. The van der Waals surface area contributed by atoms with Gasteiger partial charge in [-0.2, -0.15) is 0 Å². The van der Waals surface area contributed by atoms with Gasteiger partial charge in [-0.05, 0) is 12.5 Å². The Hall–Kier alpha value is -0.120. The van der Waals surface area contributed by atoms with Crippen LogP contribution in [-0.2, 0) is 9.47 Å². The van der Waals surface area contributed by atoms with Crippen LogP contribution >= 0.6 is 0 Å². The molecule has 80 valence electrons. The Bertz CT molecular complexity index is 107. The summed E-state index contributed by atoms with van der Waals surface area (Å²) in [7, 11) is 1.69. The first-order valence-electron chi connectivity index (χ1n) is 5.02. The molecule has 0 bridgehead atoms. The molecule has 0 saturated heterocycles. The summed E-state index contributed by atoms with van der Waals surface area (Å²) < 4.78 is 10.4. The lowest BCUT2D eigenvalue weighted by Crippen LogP contribution is -2.38. The van der Waals surface area contributed by atoms with E-state index in [1.807, 2.05) is 0 Å².